The fourth-order valence-electron chi connectivity index (χ4n) is 1.97. The minimum absolute atomic E-state index is 0.136. The smallest absolute Gasteiger partial charge is 0.308 e. The van der Waals surface area contributed by atoms with Gasteiger partial charge >= 0.3 is 5.97 Å². The first-order valence-corrected chi connectivity index (χ1v) is 11.5. The van der Waals surface area contributed by atoms with Gasteiger partial charge in [0.15, 0.2) is 0 Å². The maximum absolute atomic E-state index is 11.7. The minimum atomic E-state index is -1.55. The molecule has 126 valence electrons. The topological polar surface area (TPSA) is 58.6 Å². The summed E-state index contributed by atoms with van der Waals surface area (Å²) >= 11 is 0. The van der Waals surface area contributed by atoms with Crippen LogP contribution in [0.2, 0.25) is 19.6 Å². The van der Waals surface area contributed by atoms with Gasteiger partial charge in [0.1, 0.15) is 14.3 Å². The van der Waals surface area contributed by atoms with Gasteiger partial charge in [0.05, 0.1) is 19.1 Å². The lowest BCUT2D eigenvalue weighted by molar-refractivity contribution is -0.143. The molecule has 0 aliphatic heterocycles. The molecule has 2 atom stereocenters. The van der Waals surface area contributed by atoms with Gasteiger partial charge in [0.25, 0.3) is 0 Å². The molecule has 1 unspecified atom stereocenters. The van der Waals surface area contributed by atoms with E-state index in [1.807, 2.05) is 30.3 Å². The third kappa shape index (κ3) is 9.19. The van der Waals surface area contributed by atoms with Gasteiger partial charge in [-0.15, -0.1) is 5.54 Å². The molecule has 0 heterocycles. The first-order valence-electron chi connectivity index (χ1n) is 7.96. The molecule has 0 fully saturated rings. The molecular weight excluding hydrogens is 306 g/mol. The Labute approximate surface area is 140 Å². The monoisotopic (exact) mass is 333 g/mol. The van der Waals surface area contributed by atoms with Crippen LogP contribution < -0.4 is 5.32 Å². The molecule has 0 amide bonds. The summed E-state index contributed by atoms with van der Waals surface area (Å²) in [4.78, 5) is 11.7. The second kappa shape index (κ2) is 9.51. The number of esters is 1. The molecule has 5 heteroatoms. The highest BCUT2D eigenvalue weighted by Gasteiger charge is 2.17. The number of carbonyl (C=O) groups excluding carboxylic acids is 1. The molecule has 1 aromatic rings. The summed E-state index contributed by atoms with van der Waals surface area (Å²) in [5, 5.41) is 13.3. The molecule has 1 aromatic carbocycles. The van der Waals surface area contributed by atoms with Crippen LogP contribution in [-0.4, -0.2) is 38.0 Å². The van der Waals surface area contributed by atoms with Crippen LogP contribution in [0.15, 0.2) is 30.3 Å². The molecule has 0 radical (unpaired) electrons. The Balaban J connectivity index is 2.70. The summed E-state index contributed by atoms with van der Waals surface area (Å²) in [6.07, 6.45) is -0.154. The van der Waals surface area contributed by atoms with Gasteiger partial charge in [-0.1, -0.05) is 55.9 Å². The van der Waals surface area contributed by atoms with E-state index >= 15 is 0 Å². The van der Waals surface area contributed by atoms with Crippen molar-refractivity contribution in [3.05, 3.63) is 35.9 Å². The number of hydrogen-bond donors (Lipinski definition) is 2. The lowest BCUT2D eigenvalue weighted by atomic mass is 10.1. The van der Waals surface area contributed by atoms with E-state index in [4.69, 9.17) is 4.74 Å². The van der Waals surface area contributed by atoms with E-state index in [1.54, 1.807) is 6.92 Å². The highest BCUT2D eigenvalue weighted by molar-refractivity contribution is 6.83. The van der Waals surface area contributed by atoms with Gasteiger partial charge in [-0.2, -0.15) is 0 Å². The maximum Gasteiger partial charge on any atom is 0.308 e. The highest BCUT2D eigenvalue weighted by atomic mass is 28.3. The van der Waals surface area contributed by atoms with Gasteiger partial charge < -0.3 is 9.84 Å². The SMILES string of the molecule is CCOC(=O)C[C@H](C#C[Si](C)(C)C)NC(O)Cc1ccccc1. The van der Waals surface area contributed by atoms with E-state index in [0.717, 1.165) is 5.56 Å². The number of hydrogen-bond acceptors (Lipinski definition) is 4. The molecule has 0 aliphatic rings. The first-order chi connectivity index (χ1) is 10.8. The van der Waals surface area contributed by atoms with Crippen molar-refractivity contribution in [3.63, 3.8) is 0 Å². The van der Waals surface area contributed by atoms with Crippen LogP contribution in [0.1, 0.15) is 18.9 Å². The molecular formula is C18H27NO3Si. The summed E-state index contributed by atoms with van der Waals surface area (Å²) in [6.45, 7) is 8.55. The van der Waals surface area contributed by atoms with Crippen molar-refractivity contribution >= 4 is 14.0 Å². The number of nitrogens with one attached hydrogen (secondary N) is 1. The quantitative estimate of drug-likeness (QED) is 0.348. The summed E-state index contributed by atoms with van der Waals surface area (Å²) in [7, 11) is -1.55. The van der Waals surface area contributed by atoms with E-state index in [9.17, 15) is 9.90 Å². The predicted octanol–water partition coefficient (Wildman–Crippen LogP) is 2.34. The van der Waals surface area contributed by atoms with Gasteiger partial charge in [0.2, 0.25) is 0 Å². The van der Waals surface area contributed by atoms with Crippen LogP contribution in [0.5, 0.6) is 0 Å². The highest BCUT2D eigenvalue weighted by Crippen LogP contribution is 2.04. The van der Waals surface area contributed by atoms with Crippen LogP contribution in [-0.2, 0) is 16.0 Å². The molecule has 2 N–H and O–H groups in total. The van der Waals surface area contributed by atoms with E-state index in [0.29, 0.717) is 13.0 Å². The average molecular weight is 334 g/mol. The van der Waals surface area contributed by atoms with Crippen molar-refractivity contribution in [2.24, 2.45) is 0 Å². The number of benzene rings is 1. The molecule has 0 aromatic heterocycles. The Kier molecular flexibility index (Phi) is 8.03. The molecule has 0 spiro atoms. The largest absolute Gasteiger partial charge is 0.466 e. The van der Waals surface area contributed by atoms with E-state index in [2.05, 4.69) is 36.4 Å². The molecule has 0 bridgehead atoms. The fraction of sp³-hybridized carbons (Fsp3) is 0.500. The predicted molar refractivity (Wildman–Crippen MR) is 95.4 cm³/mol. The van der Waals surface area contributed by atoms with Crippen LogP contribution in [0.25, 0.3) is 0 Å². The number of carbonyl (C=O) groups is 1. The third-order valence-corrected chi connectivity index (χ3v) is 3.86. The lowest BCUT2D eigenvalue weighted by Gasteiger charge is -2.18. The van der Waals surface area contributed by atoms with E-state index < -0.39 is 20.3 Å². The van der Waals surface area contributed by atoms with Crippen LogP contribution >= 0.6 is 0 Å². The number of ether oxygens (including phenoxy) is 1. The lowest BCUT2D eigenvalue weighted by Crippen LogP contribution is -2.40. The number of aliphatic hydroxyl groups is 1. The molecule has 0 saturated heterocycles. The summed E-state index contributed by atoms with van der Waals surface area (Å²) in [5.41, 5.74) is 4.27. The Morgan fingerprint density at radius 3 is 2.52 bits per heavy atom. The van der Waals surface area contributed by atoms with Crippen LogP contribution in [0, 0.1) is 11.5 Å². The Morgan fingerprint density at radius 2 is 1.96 bits per heavy atom. The zero-order valence-corrected chi connectivity index (χ0v) is 15.4. The first kappa shape index (κ1) is 19.4. The summed E-state index contributed by atoms with van der Waals surface area (Å²) in [5.74, 6) is 2.80. The maximum atomic E-state index is 11.7. The zero-order chi connectivity index (χ0) is 17.3. The van der Waals surface area contributed by atoms with Crippen molar-refractivity contribution in [2.75, 3.05) is 6.61 Å². The van der Waals surface area contributed by atoms with Crippen molar-refractivity contribution < 1.29 is 14.6 Å². The second-order valence-corrected chi connectivity index (χ2v) is 11.2. The van der Waals surface area contributed by atoms with Crippen molar-refractivity contribution in [2.45, 2.75) is 51.7 Å². The summed E-state index contributed by atoms with van der Waals surface area (Å²) in [6, 6.07) is 9.32. The van der Waals surface area contributed by atoms with Gasteiger partial charge in [-0.3, -0.25) is 10.1 Å². The number of aliphatic hydroxyl groups excluding tert-OH is 1. The molecule has 1 rings (SSSR count). The van der Waals surface area contributed by atoms with Gasteiger partial charge in [-0.25, -0.2) is 0 Å². The Morgan fingerprint density at radius 1 is 1.30 bits per heavy atom. The minimum Gasteiger partial charge on any atom is -0.466 e. The Bertz CT molecular complexity index is 543. The summed E-state index contributed by atoms with van der Waals surface area (Å²) < 4.78 is 4.99. The van der Waals surface area contributed by atoms with Crippen molar-refractivity contribution in [3.8, 4) is 11.5 Å². The molecule has 0 aliphatic carbocycles. The average Bonchev–Trinajstić information content (AvgIpc) is 2.45. The second-order valence-electron chi connectivity index (χ2n) is 6.45. The Hall–Kier alpha value is -1.61. The van der Waals surface area contributed by atoms with E-state index in [-0.39, 0.29) is 12.4 Å². The standard InChI is InChI=1S/C18H27NO3Si/c1-5-22-18(21)14-16(11-12-23(2,3)4)19-17(20)13-15-9-7-6-8-10-15/h6-10,16-17,19-20H,5,13-14H2,1-4H3/t16-,17?/m0/s1. The van der Waals surface area contributed by atoms with Crippen LogP contribution in [0.3, 0.4) is 0 Å². The van der Waals surface area contributed by atoms with Gasteiger partial charge in [-0.05, 0) is 12.5 Å². The van der Waals surface area contributed by atoms with Crippen LogP contribution in [0.4, 0.5) is 0 Å². The van der Waals surface area contributed by atoms with E-state index in [1.165, 1.54) is 0 Å². The molecule has 0 saturated carbocycles. The number of rotatable bonds is 7. The fourth-order valence-corrected chi connectivity index (χ4v) is 2.58. The molecule has 23 heavy (non-hydrogen) atoms. The van der Waals surface area contributed by atoms with Gasteiger partial charge in [0, 0.05) is 6.42 Å². The molecule has 4 nitrogen and oxygen atoms in total. The zero-order valence-electron chi connectivity index (χ0n) is 14.4. The normalized spacial score (nSPS) is 13.6. The third-order valence-electron chi connectivity index (χ3n) is 2.96. The van der Waals surface area contributed by atoms with Crippen molar-refractivity contribution in [1.29, 1.82) is 0 Å². The van der Waals surface area contributed by atoms with Crippen molar-refractivity contribution in [1.82, 2.24) is 5.32 Å².